The number of rotatable bonds is 5. The average Bonchev–Trinajstić information content (AvgIpc) is 2.63. The van der Waals surface area contributed by atoms with Crippen molar-refractivity contribution in [3.63, 3.8) is 0 Å². The molecule has 7 heteroatoms. The van der Waals surface area contributed by atoms with Gasteiger partial charge in [-0.25, -0.2) is 8.42 Å². The molecule has 1 saturated heterocycles. The normalized spacial score (nSPS) is 15.6. The predicted molar refractivity (Wildman–Crippen MR) is 109 cm³/mol. The van der Waals surface area contributed by atoms with Gasteiger partial charge in [0.2, 0.25) is 10.0 Å². The van der Waals surface area contributed by atoms with Crippen LogP contribution in [0.5, 0.6) is 0 Å². The van der Waals surface area contributed by atoms with Crippen LogP contribution in [0.3, 0.4) is 0 Å². The summed E-state index contributed by atoms with van der Waals surface area (Å²) in [6, 6.07) is 11.1. The number of nitrogens with zero attached hydrogens (tertiary/aromatic N) is 2. The van der Waals surface area contributed by atoms with Gasteiger partial charge in [0.05, 0.1) is 11.3 Å². The van der Waals surface area contributed by atoms with E-state index in [4.69, 9.17) is 5.11 Å². The maximum Gasteiger partial charge on any atom is 0.307 e. The van der Waals surface area contributed by atoms with Crippen LogP contribution in [-0.2, 0) is 21.2 Å². The number of aliphatic carboxylic acids is 1. The first kappa shape index (κ1) is 20.4. The average molecular weight is 403 g/mol. The van der Waals surface area contributed by atoms with Crippen molar-refractivity contribution in [2.45, 2.75) is 32.1 Å². The standard InChI is InChI=1S/C21H26N2O4S/c1-15-10-18(14-21(24)25)13-20(11-15)28(26,27)23-8-6-22(7-9-23)19-5-4-16(2)17(3)12-19/h4-5,10-13H,6-9,14H2,1-3H3,(H,24,25). The van der Waals surface area contributed by atoms with Gasteiger partial charge in [0, 0.05) is 31.9 Å². The first-order valence-electron chi connectivity index (χ1n) is 9.31. The molecule has 0 aromatic heterocycles. The third-order valence-corrected chi connectivity index (χ3v) is 7.07. The van der Waals surface area contributed by atoms with Crippen molar-refractivity contribution in [3.8, 4) is 0 Å². The zero-order chi connectivity index (χ0) is 20.5. The first-order chi connectivity index (χ1) is 13.2. The zero-order valence-corrected chi connectivity index (χ0v) is 17.3. The summed E-state index contributed by atoms with van der Waals surface area (Å²) < 4.78 is 27.6. The molecule has 1 N–H and O–H groups in total. The van der Waals surface area contributed by atoms with Gasteiger partial charge < -0.3 is 10.0 Å². The number of hydrogen-bond acceptors (Lipinski definition) is 4. The zero-order valence-electron chi connectivity index (χ0n) is 16.5. The smallest absolute Gasteiger partial charge is 0.307 e. The van der Waals surface area contributed by atoms with E-state index in [1.54, 1.807) is 19.1 Å². The second-order valence-electron chi connectivity index (χ2n) is 7.38. The number of carboxylic acids is 1. The second kappa shape index (κ2) is 7.93. The minimum absolute atomic E-state index is 0.170. The molecule has 0 atom stereocenters. The summed E-state index contributed by atoms with van der Waals surface area (Å²) in [5, 5.41) is 9.01. The number of piperazine rings is 1. The number of carbonyl (C=O) groups is 1. The molecular formula is C21H26N2O4S. The van der Waals surface area contributed by atoms with E-state index in [0.29, 0.717) is 31.7 Å². The van der Waals surface area contributed by atoms with Crippen LogP contribution >= 0.6 is 0 Å². The number of carboxylic acid groups (broad SMARTS) is 1. The van der Waals surface area contributed by atoms with Crippen molar-refractivity contribution in [1.82, 2.24) is 4.31 Å². The molecule has 0 amide bonds. The van der Waals surface area contributed by atoms with Crippen molar-refractivity contribution in [2.75, 3.05) is 31.1 Å². The van der Waals surface area contributed by atoms with Gasteiger partial charge >= 0.3 is 5.97 Å². The monoisotopic (exact) mass is 402 g/mol. The SMILES string of the molecule is Cc1cc(CC(=O)O)cc(S(=O)(=O)N2CCN(c3ccc(C)c(C)c3)CC2)c1. The van der Waals surface area contributed by atoms with Crippen LogP contribution in [0.2, 0.25) is 0 Å². The van der Waals surface area contributed by atoms with Gasteiger partial charge in [0.15, 0.2) is 0 Å². The topological polar surface area (TPSA) is 77.9 Å². The third-order valence-electron chi connectivity index (χ3n) is 5.20. The molecule has 0 bridgehead atoms. The fraction of sp³-hybridized carbons (Fsp3) is 0.381. The molecule has 0 saturated carbocycles. The number of anilines is 1. The quantitative estimate of drug-likeness (QED) is 0.832. The number of aryl methyl sites for hydroxylation is 3. The van der Waals surface area contributed by atoms with Gasteiger partial charge in [-0.1, -0.05) is 12.1 Å². The number of hydrogen-bond donors (Lipinski definition) is 1. The minimum Gasteiger partial charge on any atom is -0.481 e. The highest BCUT2D eigenvalue weighted by molar-refractivity contribution is 7.89. The van der Waals surface area contributed by atoms with Crippen molar-refractivity contribution in [3.05, 3.63) is 58.7 Å². The van der Waals surface area contributed by atoms with Crippen LogP contribution in [0.4, 0.5) is 5.69 Å². The molecule has 6 nitrogen and oxygen atoms in total. The fourth-order valence-corrected chi connectivity index (χ4v) is 5.09. The molecule has 0 spiro atoms. The highest BCUT2D eigenvalue weighted by atomic mass is 32.2. The summed E-state index contributed by atoms with van der Waals surface area (Å²) in [6.07, 6.45) is -0.190. The Labute approximate surface area is 166 Å². The lowest BCUT2D eigenvalue weighted by Gasteiger charge is -2.35. The third kappa shape index (κ3) is 4.36. The lowest BCUT2D eigenvalue weighted by atomic mass is 10.1. The molecule has 1 aliphatic heterocycles. The van der Waals surface area contributed by atoms with E-state index >= 15 is 0 Å². The summed E-state index contributed by atoms with van der Waals surface area (Å²) in [5.74, 6) is -0.976. The van der Waals surface area contributed by atoms with Gasteiger partial charge in [0.1, 0.15) is 0 Å². The molecule has 150 valence electrons. The summed E-state index contributed by atoms with van der Waals surface area (Å²) in [5.41, 5.74) is 4.81. The summed E-state index contributed by atoms with van der Waals surface area (Å²) in [7, 11) is -3.65. The highest BCUT2D eigenvalue weighted by Crippen LogP contribution is 2.24. The van der Waals surface area contributed by atoms with E-state index in [1.165, 1.54) is 21.5 Å². The van der Waals surface area contributed by atoms with E-state index in [1.807, 2.05) is 0 Å². The van der Waals surface area contributed by atoms with Crippen molar-refractivity contribution in [2.24, 2.45) is 0 Å². The molecule has 3 rings (SSSR count). The van der Waals surface area contributed by atoms with Crippen LogP contribution in [-0.4, -0.2) is 50.0 Å². The predicted octanol–water partition coefficient (Wildman–Crippen LogP) is 2.75. The van der Waals surface area contributed by atoms with E-state index in [0.717, 1.165) is 11.3 Å². The van der Waals surface area contributed by atoms with Crippen molar-refractivity contribution in [1.29, 1.82) is 0 Å². The summed E-state index contributed by atoms with van der Waals surface area (Å²) in [6.45, 7) is 7.97. The van der Waals surface area contributed by atoms with Gasteiger partial charge in [-0.3, -0.25) is 4.79 Å². The van der Waals surface area contributed by atoms with Crippen molar-refractivity contribution >= 4 is 21.7 Å². The number of sulfonamides is 1. The summed E-state index contributed by atoms with van der Waals surface area (Å²) in [4.78, 5) is 13.4. The molecule has 1 heterocycles. The van der Waals surface area contributed by atoms with Gasteiger partial charge in [0.25, 0.3) is 0 Å². The fourth-order valence-electron chi connectivity index (χ4n) is 3.51. The van der Waals surface area contributed by atoms with Gasteiger partial charge in [-0.2, -0.15) is 4.31 Å². The minimum atomic E-state index is -3.65. The molecule has 28 heavy (non-hydrogen) atoms. The van der Waals surface area contributed by atoms with Crippen molar-refractivity contribution < 1.29 is 18.3 Å². The molecule has 2 aromatic rings. The Morgan fingerprint density at radius 2 is 1.64 bits per heavy atom. The molecular weight excluding hydrogens is 376 g/mol. The van der Waals surface area contributed by atoms with Crippen LogP contribution in [0, 0.1) is 20.8 Å². The Kier molecular flexibility index (Phi) is 5.76. The molecule has 0 aliphatic carbocycles. The van der Waals surface area contributed by atoms with Crippen LogP contribution in [0.15, 0.2) is 41.3 Å². The largest absolute Gasteiger partial charge is 0.481 e. The Balaban J connectivity index is 1.76. The van der Waals surface area contributed by atoms with Gasteiger partial charge in [-0.15, -0.1) is 0 Å². The molecule has 1 aliphatic rings. The van der Waals surface area contributed by atoms with E-state index in [9.17, 15) is 13.2 Å². The number of benzene rings is 2. The van der Waals surface area contributed by atoms with E-state index in [-0.39, 0.29) is 11.3 Å². The second-order valence-corrected chi connectivity index (χ2v) is 9.32. The van der Waals surface area contributed by atoms with Gasteiger partial charge in [-0.05, 0) is 67.3 Å². The lowest BCUT2D eigenvalue weighted by Crippen LogP contribution is -2.48. The molecule has 1 fully saturated rings. The maximum atomic E-state index is 13.1. The molecule has 2 aromatic carbocycles. The Bertz CT molecular complexity index is 993. The Morgan fingerprint density at radius 1 is 0.964 bits per heavy atom. The Morgan fingerprint density at radius 3 is 2.25 bits per heavy atom. The van der Waals surface area contributed by atoms with Crippen LogP contribution < -0.4 is 4.90 Å². The van der Waals surface area contributed by atoms with Crippen LogP contribution in [0.1, 0.15) is 22.3 Å². The molecule has 0 radical (unpaired) electrons. The maximum absolute atomic E-state index is 13.1. The molecule has 0 unspecified atom stereocenters. The Hall–Kier alpha value is -2.38. The van der Waals surface area contributed by atoms with E-state index < -0.39 is 16.0 Å². The summed E-state index contributed by atoms with van der Waals surface area (Å²) >= 11 is 0. The lowest BCUT2D eigenvalue weighted by molar-refractivity contribution is -0.136. The highest BCUT2D eigenvalue weighted by Gasteiger charge is 2.29. The first-order valence-corrected chi connectivity index (χ1v) is 10.8. The van der Waals surface area contributed by atoms with Crippen LogP contribution in [0.25, 0.3) is 0 Å². The van der Waals surface area contributed by atoms with E-state index in [2.05, 4.69) is 36.9 Å².